The minimum Gasteiger partial charge on any atom is -0.331 e. The molecule has 2 aromatic heterocycles. The quantitative estimate of drug-likeness (QED) is 0.388. The summed E-state index contributed by atoms with van der Waals surface area (Å²) >= 11 is 1.09. The predicted molar refractivity (Wildman–Crippen MR) is 92.8 cm³/mol. The van der Waals surface area contributed by atoms with Crippen LogP contribution in [0.2, 0.25) is 0 Å². The van der Waals surface area contributed by atoms with Gasteiger partial charge in [0.1, 0.15) is 5.82 Å². The number of carbonyl (C=O) groups excluding carboxylic acids is 1. The highest BCUT2D eigenvalue weighted by atomic mass is 32.2. The van der Waals surface area contributed by atoms with E-state index in [2.05, 4.69) is 15.2 Å². The first-order valence-corrected chi connectivity index (χ1v) is 8.30. The number of aryl methyl sites for hydroxylation is 1. The third-order valence-corrected chi connectivity index (χ3v) is 4.85. The van der Waals surface area contributed by atoms with E-state index >= 15 is 0 Å². The van der Waals surface area contributed by atoms with Crippen LogP contribution in [0, 0.1) is 10.1 Å². The molecule has 0 bridgehead atoms. The van der Waals surface area contributed by atoms with Gasteiger partial charge >= 0.3 is 0 Å². The molecule has 0 saturated carbocycles. The summed E-state index contributed by atoms with van der Waals surface area (Å²) in [6.07, 6.45) is 3.13. The molecule has 0 atom stereocenters. The van der Waals surface area contributed by atoms with E-state index in [9.17, 15) is 14.9 Å². The molecule has 1 aromatic carbocycles. The molecule has 0 fully saturated rings. The minimum atomic E-state index is -0.530. The van der Waals surface area contributed by atoms with Crippen molar-refractivity contribution in [3.8, 4) is 0 Å². The number of nitrogens with two attached hydrogens (primary N) is 1. The van der Waals surface area contributed by atoms with Gasteiger partial charge in [0.25, 0.3) is 5.69 Å². The number of nitrogens with zero attached hydrogens (tertiary/aromatic N) is 6. The van der Waals surface area contributed by atoms with E-state index in [0.29, 0.717) is 15.9 Å². The van der Waals surface area contributed by atoms with Crippen LogP contribution in [0.5, 0.6) is 0 Å². The van der Waals surface area contributed by atoms with Gasteiger partial charge in [-0.15, -0.1) is 10.2 Å². The maximum atomic E-state index is 12.5. The fourth-order valence-corrected chi connectivity index (χ4v) is 3.21. The molecule has 0 saturated heterocycles. The molecule has 10 nitrogen and oxygen atoms in total. The van der Waals surface area contributed by atoms with E-state index in [1.54, 1.807) is 29.4 Å². The second kappa shape index (κ2) is 7.06. The van der Waals surface area contributed by atoms with Crippen molar-refractivity contribution in [3.05, 3.63) is 57.9 Å². The highest BCUT2D eigenvalue weighted by molar-refractivity contribution is 7.99. The molecule has 0 spiro atoms. The molecule has 2 heterocycles. The zero-order valence-electron chi connectivity index (χ0n) is 14.0. The molecular formula is C15H15N7O3S. The first-order chi connectivity index (χ1) is 12.4. The van der Waals surface area contributed by atoms with Gasteiger partial charge in [-0.2, -0.15) is 0 Å². The first-order valence-electron chi connectivity index (χ1n) is 7.49. The van der Waals surface area contributed by atoms with E-state index in [1.165, 1.54) is 24.4 Å². The number of ketones is 1. The third kappa shape index (κ3) is 3.21. The lowest BCUT2D eigenvalue weighted by atomic mass is 10.1. The topological polar surface area (TPSA) is 135 Å². The van der Waals surface area contributed by atoms with E-state index < -0.39 is 4.92 Å². The van der Waals surface area contributed by atoms with Crippen molar-refractivity contribution < 1.29 is 9.72 Å². The molecule has 3 aromatic rings. The lowest BCUT2D eigenvalue weighted by molar-refractivity contribution is -0.387. The van der Waals surface area contributed by atoms with E-state index in [1.807, 2.05) is 0 Å². The minimum absolute atomic E-state index is 0.188. The zero-order chi connectivity index (χ0) is 18.8. The Hall–Kier alpha value is -3.05. The Labute approximate surface area is 152 Å². The maximum absolute atomic E-state index is 12.5. The van der Waals surface area contributed by atoms with Gasteiger partial charge in [0.15, 0.2) is 11.0 Å². The van der Waals surface area contributed by atoms with Crippen LogP contribution < -0.4 is 5.73 Å². The Balaban J connectivity index is 1.97. The molecule has 26 heavy (non-hydrogen) atoms. The number of carbonyl (C=O) groups is 1. The van der Waals surface area contributed by atoms with Gasteiger partial charge in [-0.3, -0.25) is 14.9 Å². The molecule has 0 unspecified atom stereocenters. The summed E-state index contributed by atoms with van der Waals surface area (Å²) in [7, 11) is 3.41. The van der Waals surface area contributed by atoms with Crippen LogP contribution in [0.15, 0.2) is 40.6 Å². The van der Waals surface area contributed by atoms with Crippen LogP contribution >= 0.6 is 11.8 Å². The second-order valence-corrected chi connectivity index (χ2v) is 6.40. The molecule has 0 amide bonds. The Kier molecular flexibility index (Phi) is 4.82. The van der Waals surface area contributed by atoms with Crippen LogP contribution in [0.4, 0.5) is 5.69 Å². The van der Waals surface area contributed by atoms with E-state index in [-0.39, 0.29) is 29.4 Å². The molecule has 0 aliphatic heterocycles. The standard InChI is InChI=1S/C15H15N7O3S/c1-20-6-5-17-14(20)13(23)9-3-4-11(10(7-9)22(24)25)26-15-19-18-12(8-16)21(15)2/h3-7H,8,16H2,1-2H3. The fourth-order valence-electron chi connectivity index (χ4n) is 2.31. The van der Waals surface area contributed by atoms with Gasteiger partial charge in [-0.1, -0.05) is 0 Å². The summed E-state index contributed by atoms with van der Waals surface area (Å²) in [6.45, 7) is 0.212. The van der Waals surface area contributed by atoms with Crippen molar-refractivity contribution in [1.29, 1.82) is 0 Å². The molecule has 134 valence electrons. The van der Waals surface area contributed by atoms with Gasteiger partial charge < -0.3 is 14.9 Å². The summed E-state index contributed by atoms with van der Waals surface area (Å²) in [5, 5.41) is 19.9. The van der Waals surface area contributed by atoms with Crippen molar-refractivity contribution in [2.45, 2.75) is 16.6 Å². The van der Waals surface area contributed by atoms with Crippen molar-refractivity contribution in [2.75, 3.05) is 0 Å². The van der Waals surface area contributed by atoms with Crippen LogP contribution in [0.1, 0.15) is 22.0 Å². The molecule has 11 heteroatoms. The Bertz CT molecular complexity index is 995. The fraction of sp³-hybridized carbons (Fsp3) is 0.200. The number of hydrogen-bond donors (Lipinski definition) is 1. The molecule has 0 radical (unpaired) electrons. The van der Waals surface area contributed by atoms with Crippen LogP contribution in [-0.2, 0) is 20.6 Å². The maximum Gasteiger partial charge on any atom is 0.284 e. The Morgan fingerprint density at radius 1 is 1.35 bits per heavy atom. The zero-order valence-corrected chi connectivity index (χ0v) is 14.8. The van der Waals surface area contributed by atoms with Crippen LogP contribution in [0.25, 0.3) is 0 Å². The lowest BCUT2D eigenvalue weighted by Gasteiger charge is -2.06. The molecule has 0 aliphatic carbocycles. The van der Waals surface area contributed by atoms with Crippen molar-refractivity contribution >= 4 is 23.2 Å². The predicted octanol–water partition coefficient (Wildman–Crippen LogP) is 1.30. The average Bonchev–Trinajstić information content (AvgIpc) is 3.20. The third-order valence-electron chi connectivity index (χ3n) is 3.75. The van der Waals surface area contributed by atoms with Crippen LogP contribution in [-0.4, -0.2) is 35.0 Å². The number of rotatable bonds is 6. The van der Waals surface area contributed by atoms with E-state index in [0.717, 1.165) is 11.8 Å². The Morgan fingerprint density at radius 2 is 2.12 bits per heavy atom. The number of benzene rings is 1. The van der Waals surface area contributed by atoms with Gasteiger partial charge in [0, 0.05) is 38.1 Å². The summed E-state index contributed by atoms with van der Waals surface area (Å²) in [4.78, 5) is 27.8. The highest BCUT2D eigenvalue weighted by Gasteiger charge is 2.22. The molecule has 3 rings (SSSR count). The summed E-state index contributed by atoms with van der Waals surface area (Å²) in [5.74, 6) is 0.388. The van der Waals surface area contributed by atoms with E-state index in [4.69, 9.17) is 5.73 Å². The molecule has 0 aliphatic rings. The van der Waals surface area contributed by atoms with Gasteiger partial charge in [0.2, 0.25) is 5.78 Å². The highest BCUT2D eigenvalue weighted by Crippen LogP contribution is 2.34. The van der Waals surface area contributed by atoms with Crippen molar-refractivity contribution in [3.63, 3.8) is 0 Å². The van der Waals surface area contributed by atoms with Crippen molar-refractivity contribution in [2.24, 2.45) is 19.8 Å². The van der Waals surface area contributed by atoms with Gasteiger partial charge in [0.05, 0.1) is 16.4 Å². The summed E-state index contributed by atoms with van der Waals surface area (Å²) < 4.78 is 3.23. The van der Waals surface area contributed by atoms with Gasteiger partial charge in [-0.25, -0.2) is 4.98 Å². The summed E-state index contributed by atoms with van der Waals surface area (Å²) in [6, 6.07) is 4.31. The largest absolute Gasteiger partial charge is 0.331 e. The number of hydrogen-bond acceptors (Lipinski definition) is 8. The molecule has 2 N–H and O–H groups in total. The SMILES string of the molecule is Cn1ccnc1C(=O)c1ccc(Sc2nnc(CN)n2C)c([N+](=O)[O-])c1. The number of imidazole rings is 1. The average molecular weight is 373 g/mol. The monoisotopic (exact) mass is 373 g/mol. The van der Waals surface area contributed by atoms with Gasteiger partial charge in [-0.05, 0) is 23.9 Å². The lowest BCUT2D eigenvalue weighted by Crippen LogP contribution is -2.09. The Morgan fingerprint density at radius 3 is 2.69 bits per heavy atom. The first kappa shape index (κ1) is 17.8. The smallest absolute Gasteiger partial charge is 0.284 e. The van der Waals surface area contributed by atoms with Crippen LogP contribution in [0.3, 0.4) is 0 Å². The number of nitro groups is 1. The molecular weight excluding hydrogens is 358 g/mol. The summed E-state index contributed by atoms with van der Waals surface area (Å²) in [5.41, 5.74) is 5.56. The second-order valence-electron chi connectivity index (χ2n) is 5.39. The normalized spacial score (nSPS) is 10.9. The number of nitro benzene ring substituents is 1. The number of aromatic nitrogens is 5. The van der Waals surface area contributed by atoms with Crippen molar-refractivity contribution in [1.82, 2.24) is 24.3 Å².